The fourth-order valence-electron chi connectivity index (χ4n) is 2.62. The number of esters is 1. The molecule has 0 N–H and O–H groups in total. The van der Waals surface area contributed by atoms with E-state index < -0.39 is 17.7 Å². The second kappa shape index (κ2) is 5.68. The Hall–Kier alpha value is -2.95. The van der Waals surface area contributed by atoms with Gasteiger partial charge >= 0.3 is 5.97 Å². The van der Waals surface area contributed by atoms with Crippen LogP contribution in [0.3, 0.4) is 0 Å². The van der Waals surface area contributed by atoms with Gasteiger partial charge in [0.25, 0.3) is 11.7 Å². The molecule has 1 amide bonds. The standard InChI is InChI=1S/C18H15NO4/c1-11-3-8-15-14(9-11)16(20)17(21)19(15)10-12-4-6-13(7-5-12)18(22)23-2/h3-9H,10H2,1-2H3. The number of ketones is 1. The van der Waals surface area contributed by atoms with Crippen molar-refractivity contribution in [3.05, 3.63) is 64.7 Å². The molecule has 0 saturated heterocycles. The zero-order valence-electron chi connectivity index (χ0n) is 12.8. The van der Waals surface area contributed by atoms with E-state index in [1.165, 1.54) is 12.0 Å². The lowest BCUT2D eigenvalue weighted by Crippen LogP contribution is -2.29. The van der Waals surface area contributed by atoms with Gasteiger partial charge in [0.1, 0.15) is 0 Å². The first-order valence-electron chi connectivity index (χ1n) is 7.15. The highest BCUT2D eigenvalue weighted by molar-refractivity contribution is 6.52. The van der Waals surface area contributed by atoms with Gasteiger partial charge in [-0.15, -0.1) is 0 Å². The van der Waals surface area contributed by atoms with Crippen molar-refractivity contribution in [2.24, 2.45) is 0 Å². The molecule has 1 heterocycles. The van der Waals surface area contributed by atoms with Gasteiger partial charge in [-0.1, -0.05) is 23.8 Å². The van der Waals surface area contributed by atoms with Crippen molar-refractivity contribution >= 4 is 23.3 Å². The summed E-state index contributed by atoms with van der Waals surface area (Å²) in [4.78, 5) is 37.2. The Morgan fingerprint density at radius 3 is 2.43 bits per heavy atom. The van der Waals surface area contributed by atoms with E-state index in [4.69, 9.17) is 0 Å². The molecule has 0 radical (unpaired) electrons. The Bertz CT molecular complexity index is 808. The van der Waals surface area contributed by atoms with E-state index in [2.05, 4.69) is 4.74 Å². The van der Waals surface area contributed by atoms with Crippen LogP contribution in [-0.4, -0.2) is 24.8 Å². The van der Waals surface area contributed by atoms with Gasteiger partial charge in [0.05, 0.1) is 30.5 Å². The molecule has 0 spiro atoms. The largest absolute Gasteiger partial charge is 0.465 e. The van der Waals surface area contributed by atoms with Crippen LogP contribution in [0.4, 0.5) is 5.69 Å². The number of hydrogen-bond acceptors (Lipinski definition) is 4. The molecular formula is C18H15NO4. The molecule has 0 aliphatic carbocycles. The van der Waals surface area contributed by atoms with Crippen LogP contribution in [0.15, 0.2) is 42.5 Å². The van der Waals surface area contributed by atoms with E-state index in [1.807, 2.05) is 13.0 Å². The number of carbonyl (C=O) groups is 3. The maximum Gasteiger partial charge on any atom is 0.337 e. The van der Waals surface area contributed by atoms with Crippen LogP contribution < -0.4 is 4.90 Å². The smallest absolute Gasteiger partial charge is 0.337 e. The Morgan fingerprint density at radius 1 is 1.09 bits per heavy atom. The van der Waals surface area contributed by atoms with Crippen molar-refractivity contribution in [1.29, 1.82) is 0 Å². The molecule has 2 aromatic rings. The lowest BCUT2D eigenvalue weighted by molar-refractivity contribution is -0.114. The Balaban J connectivity index is 1.88. The average Bonchev–Trinajstić information content (AvgIpc) is 2.79. The van der Waals surface area contributed by atoms with Gasteiger partial charge in [0, 0.05) is 0 Å². The Labute approximate surface area is 133 Å². The molecular weight excluding hydrogens is 294 g/mol. The summed E-state index contributed by atoms with van der Waals surface area (Å²) in [7, 11) is 1.32. The van der Waals surface area contributed by atoms with Crippen molar-refractivity contribution in [2.45, 2.75) is 13.5 Å². The first-order valence-corrected chi connectivity index (χ1v) is 7.15. The highest BCUT2D eigenvalue weighted by Crippen LogP contribution is 2.31. The molecule has 0 atom stereocenters. The predicted molar refractivity (Wildman–Crippen MR) is 84.5 cm³/mol. The van der Waals surface area contributed by atoms with E-state index in [9.17, 15) is 14.4 Å². The van der Waals surface area contributed by atoms with Crippen LogP contribution in [-0.2, 0) is 16.1 Å². The lowest BCUT2D eigenvalue weighted by Gasteiger charge is -2.16. The first kappa shape index (κ1) is 15.0. The van der Waals surface area contributed by atoms with Gasteiger partial charge in [-0.2, -0.15) is 0 Å². The fraction of sp³-hybridized carbons (Fsp3) is 0.167. The first-order chi connectivity index (χ1) is 11.0. The van der Waals surface area contributed by atoms with Gasteiger partial charge in [-0.05, 0) is 36.8 Å². The van der Waals surface area contributed by atoms with Gasteiger partial charge < -0.3 is 9.64 Å². The summed E-state index contributed by atoms with van der Waals surface area (Å²) < 4.78 is 4.65. The third-order valence-electron chi connectivity index (χ3n) is 3.84. The number of anilines is 1. The number of hydrogen-bond donors (Lipinski definition) is 0. The van der Waals surface area contributed by atoms with E-state index in [1.54, 1.807) is 36.4 Å². The third-order valence-corrected chi connectivity index (χ3v) is 3.84. The summed E-state index contributed by atoms with van der Waals surface area (Å²) >= 11 is 0. The number of ether oxygens (including phenoxy) is 1. The van der Waals surface area contributed by atoms with Crippen LogP contribution in [0.5, 0.6) is 0 Å². The van der Waals surface area contributed by atoms with Crippen LogP contribution in [0.2, 0.25) is 0 Å². The molecule has 0 bridgehead atoms. The van der Waals surface area contributed by atoms with Crippen molar-refractivity contribution in [1.82, 2.24) is 0 Å². The molecule has 116 valence electrons. The fourth-order valence-corrected chi connectivity index (χ4v) is 2.62. The minimum Gasteiger partial charge on any atom is -0.465 e. The topological polar surface area (TPSA) is 63.7 Å². The number of rotatable bonds is 3. The quantitative estimate of drug-likeness (QED) is 0.645. The molecule has 2 aromatic carbocycles. The number of nitrogens with zero attached hydrogens (tertiary/aromatic N) is 1. The van der Waals surface area contributed by atoms with Crippen LogP contribution in [0.1, 0.15) is 31.8 Å². The Morgan fingerprint density at radius 2 is 1.78 bits per heavy atom. The molecule has 5 nitrogen and oxygen atoms in total. The normalized spacial score (nSPS) is 13.2. The van der Waals surface area contributed by atoms with Crippen LogP contribution >= 0.6 is 0 Å². The summed E-state index contributed by atoms with van der Waals surface area (Å²) in [5, 5.41) is 0. The zero-order chi connectivity index (χ0) is 16.6. The van der Waals surface area contributed by atoms with Gasteiger partial charge in [-0.3, -0.25) is 9.59 Å². The van der Waals surface area contributed by atoms with Crippen LogP contribution in [0.25, 0.3) is 0 Å². The van der Waals surface area contributed by atoms with Crippen molar-refractivity contribution in [3.8, 4) is 0 Å². The molecule has 0 aromatic heterocycles. The molecule has 5 heteroatoms. The summed E-state index contributed by atoms with van der Waals surface area (Å²) in [5.74, 6) is -1.41. The maximum absolute atomic E-state index is 12.2. The van der Waals surface area contributed by atoms with Crippen molar-refractivity contribution < 1.29 is 19.1 Å². The van der Waals surface area contributed by atoms with Gasteiger partial charge in [0.2, 0.25) is 0 Å². The average molecular weight is 309 g/mol. The summed E-state index contributed by atoms with van der Waals surface area (Å²) in [6.07, 6.45) is 0. The predicted octanol–water partition coefficient (Wildman–Crippen LogP) is 2.51. The molecule has 1 aliphatic heterocycles. The highest BCUT2D eigenvalue weighted by atomic mass is 16.5. The minimum atomic E-state index is -0.525. The zero-order valence-corrected chi connectivity index (χ0v) is 12.8. The molecule has 23 heavy (non-hydrogen) atoms. The number of fused-ring (bicyclic) bond motifs is 1. The second-order valence-electron chi connectivity index (χ2n) is 5.43. The number of Topliss-reactive ketones (excluding diaryl/α,β-unsaturated/α-hetero) is 1. The molecule has 0 fully saturated rings. The number of amides is 1. The third kappa shape index (κ3) is 2.61. The molecule has 3 rings (SSSR count). The van der Waals surface area contributed by atoms with Gasteiger partial charge in [0.15, 0.2) is 0 Å². The summed E-state index contributed by atoms with van der Waals surface area (Å²) in [6, 6.07) is 12.2. The second-order valence-corrected chi connectivity index (χ2v) is 5.43. The molecule has 1 aliphatic rings. The molecule has 0 unspecified atom stereocenters. The number of aryl methyl sites for hydroxylation is 1. The SMILES string of the molecule is COC(=O)c1ccc(CN2C(=O)C(=O)c3cc(C)ccc32)cc1. The van der Waals surface area contributed by atoms with E-state index in [-0.39, 0.29) is 6.54 Å². The lowest BCUT2D eigenvalue weighted by atomic mass is 10.1. The van der Waals surface area contributed by atoms with E-state index in [0.29, 0.717) is 16.8 Å². The minimum absolute atomic E-state index is 0.280. The number of carbonyl (C=O) groups excluding carboxylic acids is 3. The summed E-state index contributed by atoms with van der Waals surface area (Å²) in [5.41, 5.74) is 3.28. The van der Waals surface area contributed by atoms with E-state index >= 15 is 0 Å². The van der Waals surface area contributed by atoms with Crippen molar-refractivity contribution in [3.63, 3.8) is 0 Å². The number of methoxy groups -OCH3 is 1. The Kier molecular flexibility index (Phi) is 3.70. The van der Waals surface area contributed by atoms with Gasteiger partial charge in [-0.25, -0.2) is 4.79 Å². The number of benzene rings is 2. The molecule has 0 saturated carbocycles. The monoisotopic (exact) mass is 309 g/mol. The van der Waals surface area contributed by atoms with E-state index in [0.717, 1.165) is 11.1 Å². The maximum atomic E-state index is 12.2. The van der Waals surface area contributed by atoms with Crippen molar-refractivity contribution in [2.75, 3.05) is 12.0 Å². The van der Waals surface area contributed by atoms with Crippen LogP contribution in [0, 0.1) is 6.92 Å². The highest BCUT2D eigenvalue weighted by Gasteiger charge is 2.35. The summed E-state index contributed by atoms with van der Waals surface area (Å²) in [6.45, 7) is 2.16.